The van der Waals surface area contributed by atoms with Gasteiger partial charge in [0.05, 0.1) is 0 Å². The topological polar surface area (TPSA) is 12.0 Å². The Kier molecular flexibility index (Phi) is 3.88. The Bertz CT molecular complexity index is 481. The van der Waals surface area contributed by atoms with E-state index < -0.39 is 0 Å². The molecule has 1 aromatic carbocycles. The lowest BCUT2D eigenvalue weighted by molar-refractivity contribution is -0.0599. The molecule has 4 aliphatic rings. The molecule has 0 aromatic heterocycles. The molecule has 5 rings (SSSR count). The summed E-state index contributed by atoms with van der Waals surface area (Å²) in [5.74, 6) is 5.67. The van der Waals surface area contributed by atoms with Crippen LogP contribution in [-0.4, -0.2) is 6.54 Å². The van der Waals surface area contributed by atoms with Crippen LogP contribution in [0.1, 0.15) is 45.4 Å². The number of hydrogen-bond donors (Lipinski definition) is 1. The minimum absolute atomic E-state index is 0.154. The Morgan fingerprint density at radius 3 is 2.14 bits per heavy atom. The van der Waals surface area contributed by atoms with Crippen LogP contribution in [0.4, 0.5) is 10.1 Å². The third kappa shape index (κ3) is 2.66. The zero-order chi connectivity index (χ0) is 15.1. The van der Waals surface area contributed by atoms with E-state index in [4.69, 9.17) is 0 Å². The summed E-state index contributed by atoms with van der Waals surface area (Å²) in [6.07, 6.45) is 8.82. The Balaban J connectivity index is 1.42. The molecule has 1 atom stereocenters. The lowest BCUT2D eigenvalue weighted by atomic mass is 9.49. The normalized spacial score (nSPS) is 37.3. The second-order valence-corrected chi connectivity index (χ2v) is 8.06. The van der Waals surface area contributed by atoms with E-state index in [-0.39, 0.29) is 5.82 Å². The molecule has 0 heterocycles. The summed E-state index contributed by atoms with van der Waals surface area (Å²) in [5.41, 5.74) is 1.06. The van der Waals surface area contributed by atoms with Crippen LogP contribution in [0.3, 0.4) is 0 Å². The van der Waals surface area contributed by atoms with E-state index in [9.17, 15) is 4.39 Å². The third-order valence-electron chi connectivity index (χ3n) is 6.78. The maximum absolute atomic E-state index is 13.0. The van der Waals surface area contributed by atoms with Crippen molar-refractivity contribution in [2.24, 2.45) is 35.5 Å². The van der Waals surface area contributed by atoms with E-state index in [2.05, 4.69) is 12.2 Å². The summed E-state index contributed by atoms with van der Waals surface area (Å²) in [4.78, 5) is 0. The van der Waals surface area contributed by atoms with E-state index in [1.54, 1.807) is 12.1 Å². The molecule has 1 N–H and O–H groups in total. The summed E-state index contributed by atoms with van der Waals surface area (Å²) < 4.78 is 13.0. The molecule has 4 aliphatic carbocycles. The van der Waals surface area contributed by atoms with Crippen LogP contribution in [0.2, 0.25) is 0 Å². The number of benzene rings is 1. The van der Waals surface area contributed by atoms with Gasteiger partial charge in [-0.25, -0.2) is 4.39 Å². The highest BCUT2D eigenvalue weighted by molar-refractivity contribution is 5.42. The second-order valence-electron chi connectivity index (χ2n) is 8.06. The SMILES string of the molecule is CCC(CNc1ccc(F)cc1)C1C2CC3CC(C2)CC1C3. The maximum Gasteiger partial charge on any atom is 0.123 e. The molecular formula is C20H28FN. The highest BCUT2D eigenvalue weighted by Crippen LogP contribution is 2.58. The number of anilines is 1. The highest BCUT2D eigenvalue weighted by Gasteiger charge is 2.49. The number of halogens is 1. The minimum Gasteiger partial charge on any atom is -0.385 e. The molecule has 2 heteroatoms. The number of rotatable bonds is 5. The molecule has 4 saturated carbocycles. The molecule has 4 bridgehead atoms. The second kappa shape index (κ2) is 5.86. The van der Waals surface area contributed by atoms with Gasteiger partial charge < -0.3 is 5.32 Å². The number of nitrogens with one attached hydrogen (secondary N) is 1. The molecule has 0 amide bonds. The maximum atomic E-state index is 13.0. The monoisotopic (exact) mass is 301 g/mol. The largest absolute Gasteiger partial charge is 0.385 e. The average Bonchev–Trinajstić information content (AvgIpc) is 2.51. The van der Waals surface area contributed by atoms with Crippen LogP contribution in [0, 0.1) is 41.3 Å². The van der Waals surface area contributed by atoms with E-state index in [1.807, 2.05) is 12.1 Å². The van der Waals surface area contributed by atoms with Crippen LogP contribution < -0.4 is 5.32 Å². The highest BCUT2D eigenvalue weighted by atomic mass is 19.1. The van der Waals surface area contributed by atoms with Crippen molar-refractivity contribution in [1.29, 1.82) is 0 Å². The van der Waals surface area contributed by atoms with Crippen molar-refractivity contribution in [3.8, 4) is 0 Å². The molecule has 0 radical (unpaired) electrons. The van der Waals surface area contributed by atoms with Gasteiger partial charge in [0, 0.05) is 12.2 Å². The molecule has 1 nitrogen and oxygen atoms in total. The molecule has 120 valence electrons. The Hall–Kier alpha value is -1.05. The first-order valence-electron chi connectivity index (χ1n) is 9.22. The lowest BCUT2D eigenvalue weighted by Gasteiger charge is -2.56. The van der Waals surface area contributed by atoms with Crippen molar-refractivity contribution in [2.45, 2.75) is 45.4 Å². The van der Waals surface area contributed by atoms with Gasteiger partial charge in [-0.05, 0) is 91.9 Å². The van der Waals surface area contributed by atoms with Gasteiger partial charge in [-0.2, -0.15) is 0 Å². The van der Waals surface area contributed by atoms with Gasteiger partial charge in [-0.1, -0.05) is 13.3 Å². The zero-order valence-corrected chi connectivity index (χ0v) is 13.6. The summed E-state index contributed by atoms with van der Waals surface area (Å²) in [5, 5.41) is 3.57. The molecule has 1 aromatic rings. The van der Waals surface area contributed by atoms with Gasteiger partial charge in [0.25, 0.3) is 0 Å². The fraction of sp³-hybridized carbons (Fsp3) is 0.700. The van der Waals surface area contributed by atoms with E-state index in [1.165, 1.54) is 38.5 Å². The zero-order valence-electron chi connectivity index (χ0n) is 13.6. The quantitative estimate of drug-likeness (QED) is 0.774. The molecular weight excluding hydrogens is 273 g/mol. The van der Waals surface area contributed by atoms with Crippen LogP contribution in [0.5, 0.6) is 0 Å². The van der Waals surface area contributed by atoms with E-state index in [0.29, 0.717) is 0 Å². The molecule has 0 saturated heterocycles. The van der Waals surface area contributed by atoms with Gasteiger partial charge in [0.15, 0.2) is 0 Å². The fourth-order valence-corrected chi connectivity index (χ4v) is 6.11. The molecule has 4 fully saturated rings. The van der Waals surface area contributed by atoms with Gasteiger partial charge in [0.1, 0.15) is 5.82 Å². The predicted molar refractivity (Wildman–Crippen MR) is 89.2 cm³/mol. The molecule has 0 aliphatic heterocycles. The first-order valence-corrected chi connectivity index (χ1v) is 9.22. The van der Waals surface area contributed by atoms with E-state index in [0.717, 1.165) is 47.7 Å². The van der Waals surface area contributed by atoms with Crippen LogP contribution >= 0.6 is 0 Å². The van der Waals surface area contributed by atoms with Gasteiger partial charge in [0.2, 0.25) is 0 Å². The predicted octanol–water partition coefficient (Wildman–Crippen LogP) is 5.34. The third-order valence-corrected chi connectivity index (χ3v) is 6.78. The average molecular weight is 301 g/mol. The lowest BCUT2D eigenvalue weighted by Crippen LogP contribution is -2.48. The minimum atomic E-state index is -0.154. The number of hydrogen-bond acceptors (Lipinski definition) is 1. The van der Waals surface area contributed by atoms with Crippen molar-refractivity contribution in [3.05, 3.63) is 30.1 Å². The van der Waals surface area contributed by atoms with Crippen LogP contribution in [0.15, 0.2) is 24.3 Å². The molecule has 1 unspecified atom stereocenters. The van der Waals surface area contributed by atoms with E-state index >= 15 is 0 Å². The van der Waals surface area contributed by atoms with Crippen molar-refractivity contribution in [1.82, 2.24) is 0 Å². The summed E-state index contributed by atoms with van der Waals surface area (Å²) in [7, 11) is 0. The van der Waals surface area contributed by atoms with Crippen molar-refractivity contribution in [2.75, 3.05) is 11.9 Å². The summed E-state index contributed by atoms with van der Waals surface area (Å²) >= 11 is 0. The molecule has 22 heavy (non-hydrogen) atoms. The Morgan fingerprint density at radius 1 is 1.00 bits per heavy atom. The fourth-order valence-electron chi connectivity index (χ4n) is 6.11. The molecule has 0 spiro atoms. The van der Waals surface area contributed by atoms with Crippen molar-refractivity contribution < 1.29 is 4.39 Å². The Morgan fingerprint density at radius 2 is 1.59 bits per heavy atom. The van der Waals surface area contributed by atoms with Crippen molar-refractivity contribution in [3.63, 3.8) is 0 Å². The standard InChI is InChI=1S/C20H28FN/c1-2-15(12-22-19-5-3-18(21)4-6-19)20-16-8-13-7-14(10-16)11-17(20)9-13/h3-6,13-17,20,22H,2,7-12H2,1H3. The van der Waals surface area contributed by atoms with Crippen molar-refractivity contribution >= 4 is 5.69 Å². The van der Waals surface area contributed by atoms with Crippen LogP contribution in [-0.2, 0) is 0 Å². The van der Waals surface area contributed by atoms with Gasteiger partial charge in [-0.15, -0.1) is 0 Å². The summed E-state index contributed by atoms with van der Waals surface area (Å²) in [6, 6.07) is 6.82. The first kappa shape index (κ1) is 14.5. The Labute approximate surface area is 133 Å². The van der Waals surface area contributed by atoms with Gasteiger partial charge in [-0.3, -0.25) is 0 Å². The van der Waals surface area contributed by atoms with Crippen LogP contribution in [0.25, 0.3) is 0 Å². The summed E-state index contributed by atoms with van der Waals surface area (Å²) in [6.45, 7) is 3.40. The van der Waals surface area contributed by atoms with Gasteiger partial charge >= 0.3 is 0 Å². The first-order chi connectivity index (χ1) is 10.7. The smallest absolute Gasteiger partial charge is 0.123 e.